The molecule has 2 aliphatic heterocycles. The molecule has 0 radical (unpaired) electrons. The van der Waals surface area contributed by atoms with Gasteiger partial charge in [0.1, 0.15) is 17.9 Å². The molecule has 1 amide bonds. The van der Waals surface area contributed by atoms with E-state index >= 15 is 0 Å². The lowest BCUT2D eigenvalue weighted by molar-refractivity contribution is 0.119. The van der Waals surface area contributed by atoms with Gasteiger partial charge in [0.05, 0.1) is 24.2 Å². The molecule has 0 unspecified atom stereocenters. The number of nitriles is 1. The second kappa shape index (κ2) is 12.9. The lowest BCUT2D eigenvalue weighted by Gasteiger charge is -2.39. The summed E-state index contributed by atoms with van der Waals surface area (Å²) in [5, 5.41) is 21.3. The summed E-state index contributed by atoms with van der Waals surface area (Å²) >= 11 is 0. The quantitative estimate of drug-likeness (QED) is 0.261. The zero-order chi connectivity index (χ0) is 33.4. The molecule has 5 aromatic rings. The van der Waals surface area contributed by atoms with Crippen molar-refractivity contribution in [1.82, 2.24) is 29.3 Å². The van der Waals surface area contributed by atoms with E-state index in [0.29, 0.717) is 30.5 Å². The highest BCUT2D eigenvalue weighted by atomic mass is 16.5. The largest absolute Gasteiger partial charge is 0.465 e. The number of nitrogens with zero attached hydrogens (tertiary/aromatic N) is 8. The van der Waals surface area contributed by atoms with Crippen LogP contribution in [0.1, 0.15) is 24.8 Å². The number of carbonyl (C=O) groups is 1. The number of piperazine rings is 1. The third kappa shape index (κ3) is 5.66. The predicted molar refractivity (Wildman–Crippen MR) is 183 cm³/mol. The van der Waals surface area contributed by atoms with Crippen LogP contribution in [0.5, 0.6) is 6.01 Å². The monoisotopic (exact) mass is 644 g/mol. The Bertz CT molecular complexity index is 2110. The van der Waals surface area contributed by atoms with Crippen molar-refractivity contribution in [3.8, 4) is 29.2 Å². The van der Waals surface area contributed by atoms with Gasteiger partial charge in [0, 0.05) is 36.6 Å². The van der Waals surface area contributed by atoms with Crippen LogP contribution in [0.2, 0.25) is 0 Å². The van der Waals surface area contributed by atoms with Crippen molar-refractivity contribution >= 4 is 33.7 Å². The molecule has 0 saturated carbocycles. The number of amides is 1. The molecule has 1 N–H and O–H groups in total. The van der Waals surface area contributed by atoms with Gasteiger partial charge in [0.15, 0.2) is 11.3 Å². The average molecular weight is 645 g/mol. The van der Waals surface area contributed by atoms with Gasteiger partial charge >= 0.3 is 12.1 Å². The summed E-state index contributed by atoms with van der Waals surface area (Å²) < 4.78 is 7.84. The van der Waals surface area contributed by atoms with Crippen LogP contribution in [-0.4, -0.2) is 92.4 Å². The SMILES string of the molecule is Cc1cccc2cccc(-n3c(-c4ccccc4)nc4c(N5CCN(C(=O)O)[C@@H](CC#N)C5)nc(OC[C@@H]5CCCN5C)nc4c3=O)c12. The molecule has 2 saturated heterocycles. The van der Waals surface area contributed by atoms with E-state index < -0.39 is 12.1 Å². The molecule has 244 valence electrons. The minimum atomic E-state index is -1.08. The zero-order valence-corrected chi connectivity index (χ0v) is 26.9. The van der Waals surface area contributed by atoms with Crippen molar-refractivity contribution in [3.63, 3.8) is 0 Å². The second-order valence-electron chi connectivity index (χ2n) is 12.4. The highest BCUT2D eigenvalue weighted by molar-refractivity contribution is 5.95. The van der Waals surface area contributed by atoms with Crippen molar-refractivity contribution in [3.05, 3.63) is 82.6 Å². The number of hydrogen-bond acceptors (Lipinski definition) is 9. The molecule has 3 aromatic carbocycles. The maximum Gasteiger partial charge on any atom is 0.407 e. The van der Waals surface area contributed by atoms with Gasteiger partial charge in [-0.3, -0.25) is 9.36 Å². The molecule has 12 heteroatoms. The standard InChI is InChI=1S/C36H36N8O4/c1-23-9-6-12-24-13-7-15-28(29(23)24)44-32(25-10-4-3-5-11-25)38-30-31(34(44)45)39-35(48-22-27-14-8-18-41(27)2)40-33(30)42-19-20-43(36(46)47)26(21-42)16-17-37/h3-7,9-13,15,26-27H,8,14,16,18-22H2,1-2H3,(H,46,47)/t26-,27-/m0/s1. The number of likely N-dealkylation sites (tertiary alicyclic amines) is 1. The van der Waals surface area contributed by atoms with Gasteiger partial charge in [-0.25, -0.2) is 9.78 Å². The fourth-order valence-electron chi connectivity index (χ4n) is 6.95. The lowest BCUT2D eigenvalue weighted by atomic mass is 10.0. The molecule has 2 atom stereocenters. The first-order chi connectivity index (χ1) is 23.3. The Morgan fingerprint density at radius 3 is 2.50 bits per heavy atom. The molecule has 0 bridgehead atoms. The number of ether oxygens (including phenoxy) is 1. The number of likely N-dealkylation sites (N-methyl/N-ethyl adjacent to an activating group) is 1. The summed E-state index contributed by atoms with van der Waals surface area (Å²) in [6, 6.07) is 23.2. The van der Waals surface area contributed by atoms with Crippen LogP contribution in [0.4, 0.5) is 10.6 Å². The number of aryl methyl sites for hydroxylation is 1. The Kier molecular flexibility index (Phi) is 8.37. The maximum atomic E-state index is 14.9. The summed E-state index contributed by atoms with van der Waals surface area (Å²) in [5.74, 6) is 0.797. The lowest BCUT2D eigenvalue weighted by Crippen LogP contribution is -2.55. The van der Waals surface area contributed by atoms with Gasteiger partial charge in [-0.2, -0.15) is 15.2 Å². The number of benzene rings is 3. The van der Waals surface area contributed by atoms with Gasteiger partial charge in [0.25, 0.3) is 5.56 Å². The van der Waals surface area contributed by atoms with Crippen LogP contribution in [0.15, 0.2) is 71.5 Å². The molecule has 7 rings (SSSR count). The molecule has 0 spiro atoms. The Balaban J connectivity index is 1.47. The van der Waals surface area contributed by atoms with E-state index in [1.807, 2.05) is 78.6 Å². The van der Waals surface area contributed by atoms with E-state index in [-0.39, 0.29) is 48.2 Å². The number of carboxylic acid groups (broad SMARTS) is 1. The maximum absolute atomic E-state index is 14.9. The van der Waals surface area contributed by atoms with Gasteiger partial charge in [-0.05, 0) is 50.4 Å². The summed E-state index contributed by atoms with van der Waals surface area (Å²) in [6.45, 7) is 4.01. The summed E-state index contributed by atoms with van der Waals surface area (Å²) in [6.07, 6.45) is 0.993. The first-order valence-electron chi connectivity index (χ1n) is 16.2. The smallest absolute Gasteiger partial charge is 0.407 e. The van der Waals surface area contributed by atoms with Crippen molar-refractivity contribution in [2.75, 3.05) is 44.7 Å². The van der Waals surface area contributed by atoms with Crippen LogP contribution in [-0.2, 0) is 0 Å². The Morgan fingerprint density at radius 2 is 1.77 bits per heavy atom. The topological polar surface area (TPSA) is 141 Å². The fourth-order valence-corrected chi connectivity index (χ4v) is 6.95. The highest BCUT2D eigenvalue weighted by Crippen LogP contribution is 2.32. The summed E-state index contributed by atoms with van der Waals surface area (Å²) in [5.41, 5.74) is 2.44. The molecule has 0 aliphatic carbocycles. The molecule has 2 aliphatic rings. The molecule has 12 nitrogen and oxygen atoms in total. The van der Waals surface area contributed by atoms with Crippen molar-refractivity contribution < 1.29 is 14.6 Å². The fraction of sp³-hybridized carbons (Fsp3) is 0.333. The van der Waals surface area contributed by atoms with Crippen LogP contribution in [0.25, 0.3) is 38.9 Å². The molecular weight excluding hydrogens is 608 g/mol. The van der Waals surface area contributed by atoms with E-state index in [0.717, 1.165) is 41.3 Å². The number of rotatable bonds is 7. The first kappa shape index (κ1) is 31.1. The zero-order valence-electron chi connectivity index (χ0n) is 26.9. The number of hydrogen-bond donors (Lipinski definition) is 1. The molecule has 4 heterocycles. The van der Waals surface area contributed by atoms with Gasteiger partial charge < -0.3 is 24.5 Å². The second-order valence-corrected chi connectivity index (χ2v) is 12.4. The first-order valence-corrected chi connectivity index (χ1v) is 16.2. The van der Waals surface area contributed by atoms with E-state index in [1.54, 1.807) is 4.57 Å². The Morgan fingerprint density at radius 1 is 0.979 bits per heavy atom. The molecule has 2 fully saturated rings. The Hall–Kier alpha value is -5.54. The van der Waals surface area contributed by atoms with Crippen LogP contribution in [0.3, 0.4) is 0 Å². The van der Waals surface area contributed by atoms with E-state index in [2.05, 4.69) is 18.0 Å². The molecular formula is C36H36N8O4. The number of fused-ring (bicyclic) bond motifs is 2. The van der Waals surface area contributed by atoms with Crippen molar-refractivity contribution in [2.24, 2.45) is 0 Å². The minimum Gasteiger partial charge on any atom is -0.465 e. The normalized spacial score (nSPS) is 18.4. The Labute approximate surface area is 277 Å². The molecule has 48 heavy (non-hydrogen) atoms. The van der Waals surface area contributed by atoms with Gasteiger partial charge in [-0.15, -0.1) is 0 Å². The number of aromatic nitrogens is 4. The predicted octanol–water partition coefficient (Wildman–Crippen LogP) is 4.86. The minimum absolute atomic E-state index is 0.0130. The van der Waals surface area contributed by atoms with Crippen LogP contribution in [0, 0.1) is 18.3 Å². The van der Waals surface area contributed by atoms with Gasteiger partial charge in [0.2, 0.25) is 0 Å². The summed E-state index contributed by atoms with van der Waals surface area (Å²) in [4.78, 5) is 47.0. The van der Waals surface area contributed by atoms with E-state index in [4.69, 9.17) is 19.7 Å². The van der Waals surface area contributed by atoms with Crippen LogP contribution >= 0.6 is 0 Å². The van der Waals surface area contributed by atoms with E-state index in [9.17, 15) is 20.0 Å². The van der Waals surface area contributed by atoms with Gasteiger partial charge in [-0.1, -0.05) is 60.7 Å². The van der Waals surface area contributed by atoms with Crippen LogP contribution < -0.4 is 15.2 Å². The average Bonchev–Trinajstić information content (AvgIpc) is 3.51. The van der Waals surface area contributed by atoms with Crippen molar-refractivity contribution in [2.45, 2.75) is 38.3 Å². The molecule has 2 aromatic heterocycles. The highest BCUT2D eigenvalue weighted by Gasteiger charge is 2.33. The van der Waals surface area contributed by atoms with E-state index in [1.165, 1.54) is 4.90 Å². The van der Waals surface area contributed by atoms with Crippen molar-refractivity contribution in [1.29, 1.82) is 5.26 Å². The number of anilines is 1. The third-order valence-corrected chi connectivity index (χ3v) is 9.48. The summed E-state index contributed by atoms with van der Waals surface area (Å²) in [7, 11) is 2.06. The third-order valence-electron chi connectivity index (χ3n) is 9.48.